The number of carbonyl (C=O) groups excluding carboxylic acids is 1. The van der Waals surface area contributed by atoms with Gasteiger partial charge >= 0.3 is 0 Å². The van der Waals surface area contributed by atoms with E-state index in [-0.39, 0.29) is 18.6 Å². The van der Waals surface area contributed by atoms with Crippen molar-refractivity contribution in [1.29, 1.82) is 0 Å². The third kappa shape index (κ3) is 3.87. The molecule has 0 radical (unpaired) electrons. The minimum absolute atomic E-state index is 0.0481. The summed E-state index contributed by atoms with van der Waals surface area (Å²) in [4.78, 5) is 18.3. The smallest absolute Gasteiger partial charge is 0.248 e. The van der Waals surface area contributed by atoms with Gasteiger partial charge in [-0.2, -0.15) is 0 Å². The first-order chi connectivity index (χ1) is 10.7. The zero-order chi connectivity index (χ0) is 15.4. The summed E-state index contributed by atoms with van der Waals surface area (Å²) in [5, 5.41) is 0. The third-order valence-electron chi connectivity index (χ3n) is 4.56. The highest BCUT2D eigenvalue weighted by molar-refractivity contribution is 5.77. The molecule has 2 aliphatic heterocycles. The molecular formula is C16H25N3O3. The lowest BCUT2D eigenvalue weighted by molar-refractivity contribution is -0.136. The van der Waals surface area contributed by atoms with Crippen molar-refractivity contribution in [3.05, 3.63) is 18.2 Å². The average Bonchev–Trinajstić information content (AvgIpc) is 3.17. The summed E-state index contributed by atoms with van der Waals surface area (Å²) >= 11 is 0. The molecule has 1 amide bonds. The topological polar surface area (TPSA) is 56.6 Å². The van der Waals surface area contributed by atoms with E-state index in [9.17, 15) is 4.79 Å². The van der Waals surface area contributed by atoms with Crippen molar-refractivity contribution in [2.45, 2.75) is 38.3 Å². The van der Waals surface area contributed by atoms with Gasteiger partial charge in [-0.15, -0.1) is 0 Å². The molecule has 3 heterocycles. The number of nitrogens with zero attached hydrogens (tertiary/aromatic N) is 3. The summed E-state index contributed by atoms with van der Waals surface area (Å²) in [6, 6.07) is 0. The lowest BCUT2D eigenvalue weighted by Crippen LogP contribution is -2.37. The van der Waals surface area contributed by atoms with Crippen LogP contribution < -0.4 is 0 Å². The number of hydrogen-bond acceptors (Lipinski definition) is 4. The van der Waals surface area contributed by atoms with Crippen molar-refractivity contribution in [3.8, 4) is 0 Å². The molecule has 122 valence electrons. The van der Waals surface area contributed by atoms with Crippen LogP contribution in [0.3, 0.4) is 0 Å². The van der Waals surface area contributed by atoms with E-state index in [4.69, 9.17) is 9.47 Å². The number of fused-ring (bicyclic) bond motifs is 1. The van der Waals surface area contributed by atoms with Crippen LogP contribution in [0.2, 0.25) is 0 Å². The molecule has 1 saturated heterocycles. The maximum atomic E-state index is 12.1. The van der Waals surface area contributed by atoms with Crippen LogP contribution >= 0.6 is 0 Å². The minimum atomic E-state index is 0.0481. The van der Waals surface area contributed by atoms with Gasteiger partial charge in [0.05, 0.1) is 12.7 Å². The van der Waals surface area contributed by atoms with Gasteiger partial charge in [-0.3, -0.25) is 4.79 Å². The minimum Gasteiger partial charge on any atom is -0.376 e. The van der Waals surface area contributed by atoms with Gasteiger partial charge in [-0.05, 0) is 25.2 Å². The van der Waals surface area contributed by atoms with Gasteiger partial charge in [-0.1, -0.05) is 0 Å². The van der Waals surface area contributed by atoms with Crippen molar-refractivity contribution in [2.75, 3.05) is 33.4 Å². The molecule has 1 aromatic heterocycles. The van der Waals surface area contributed by atoms with E-state index in [0.717, 1.165) is 51.2 Å². The van der Waals surface area contributed by atoms with E-state index >= 15 is 0 Å². The summed E-state index contributed by atoms with van der Waals surface area (Å²) in [5.41, 5.74) is 0. The molecule has 1 aromatic rings. The molecule has 0 spiro atoms. The SMILES string of the molecule is CN(C[C@H]1CCn2ccnc2C1)C(=O)COC[C@H]1CCCO1. The number of imidazole rings is 1. The first-order valence-electron chi connectivity index (χ1n) is 8.15. The van der Waals surface area contributed by atoms with E-state index in [1.54, 1.807) is 4.90 Å². The van der Waals surface area contributed by atoms with Crippen LogP contribution in [-0.4, -0.2) is 59.9 Å². The largest absolute Gasteiger partial charge is 0.376 e. The first kappa shape index (κ1) is 15.5. The monoisotopic (exact) mass is 307 g/mol. The van der Waals surface area contributed by atoms with Crippen LogP contribution in [0.1, 0.15) is 25.1 Å². The number of amides is 1. The number of rotatable bonds is 6. The van der Waals surface area contributed by atoms with Crippen molar-refractivity contribution >= 4 is 5.91 Å². The standard InChI is InChI=1S/C16H25N3O3/c1-18(16(20)12-21-11-14-3-2-8-22-14)10-13-4-6-19-7-5-17-15(19)9-13/h5,7,13-14H,2-4,6,8-12H2,1H3/t13-,14+/m0/s1. The van der Waals surface area contributed by atoms with Gasteiger partial charge < -0.3 is 18.9 Å². The molecule has 0 aromatic carbocycles. The van der Waals surface area contributed by atoms with Gasteiger partial charge in [0.25, 0.3) is 0 Å². The fraction of sp³-hybridized carbons (Fsp3) is 0.750. The first-order valence-corrected chi connectivity index (χ1v) is 8.15. The summed E-state index contributed by atoms with van der Waals surface area (Å²) in [7, 11) is 1.86. The zero-order valence-electron chi connectivity index (χ0n) is 13.2. The molecule has 2 atom stereocenters. The molecule has 0 unspecified atom stereocenters. The highest BCUT2D eigenvalue weighted by Crippen LogP contribution is 2.19. The molecule has 3 rings (SSSR count). The quantitative estimate of drug-likeness (QED) is 0.790. The Balaban J connectivity index is 1.38. The molecule has 0 aliphatic carbocycles. The van der Waals surface area contributed by atoms with Crippen LogP contribution in [0, 0.1) is 5.92 Å². The van der Waals surface area contributed by atoms with Crippen LogP contribution in [0.25, 0.3) is 0 Å². The molecule has 0 saturated carbocycles. The van der Waals surface area contributed by atoms with E-state index in [1.165, 1.54) is 0 Å². The Kier molecular flexibility index (Phi) is 5.10. The van der Waals surface area contributed by atoms with E-state index in [2.05, 4.69) is 9.55 Å². The molecule has 1 fully saturated rings. The second-order valence-electron chi connectivity index (χ2n) is 6.32. The van der Waals surface area contributed by atoms with Crippen LogP contribution in [0.15, 0.2) is 12.4 Å². The lowest BCUT2D eigenvalue weighted by Gasteiger charge is -2.27. The summed E-state index contributed by atoms with van der Waals surface area (Å²) in [6.07, 6.45) is 8.23. The zero-order valence-corrected chi connectivity index (χ0v) is 13.2. The Morgan fingerprint density at radius 2 is 2.45 bits per heavy atom. The highest BCUT2D eigenvalue weighted by Gasteiger charge is 2.22. The Hall–Kier alpha value is -1.40. The van der Waals surface area contributed by atoms with Gasteiger partial charge in [0, 0.05) is 45.6 Å². The van der Waals surface area contributed by atoms with Crippen molar-refractivity contribution in [1.82, 2.24) is 14.5 Å². The number of likely N-dealkylation sites (N-methyl/N-ethyl adjacent to an activating group) is 1. The second kappa shape index (κ2) is 7.24. The van der Waals surface area contributed by atoms with Gasteiger partial charge in [-0.25, -0.2) is 4.98 Å². The molecule has 0 bridgehead atoms. The molecule has 2 aliphatic rings. The second-order valence-corrected chi connectivity index (χ2v) is 6.32. The van der Waals surface area contributed by atoms with E-state index < -0.39 is 0 Å². The molecule has 22 heavy (non-hydrogen) atoms. The Labute approximate surface area is 131 Å². The predicted octanol–water partition coefficient (Wildman–Crippen LogP) is 1.10. The van der Waals surface area contributed by atoms with E-state index in [1.807, 2.05) is 19.4 Å². The van der Waals surface area contributed by atoms with E-state index in [0.29, 0.717) is 12.5 Å². The average molecular weight is 307 g/mol. The molecule has 6 heteroatoms. The van der Waals surface area contributed by atoms with Gasteiger partial charge in [0.1, 0.15) is 12.4 Å². The number of hydrogen-bond donors (Lipinski definition) is 0. The maximum Gasteiger partial charge on any atom is 0.248 e. The van der Waals surface area contributed by atoms with Gasteiger partial charge in [0.2, 0.25) is 5.91 Å². The number of carbonyl (C=O) groups is 1. The van der Waals surface area contributed by atoms with Crippen molar-refractivity contribution in [3.63, 3.8) is 0 Å². The highest BCUT2D eigenvalue weighted by atomic mass is 16.5. The number of aromatic nitrogens is 2. The summed E-state index contributed by atoms with van der Waals surface area (Å²) in [5.74, 6) is 1.67. The fourth-order valence-corrected chi connectivity index (χ4v) is 3.22. The van der Waals surface area contributed by atoms with Crippen LogP contribution in [0.5, 0.6) is 0 Å². The molecule has 0 N–H and O–H groups in total. The summed E-state index contributed by atoms with van der Waals surface area (Å²) < 4.78 is 13.2. The predicted molar refractivity (Wildman–Crippen MR) is 81.5 cm³/mol. The third-order valence-corrected chi connectivity index (χ3v) is 4.56. The number of aryl methyl sites for hydroxylation is 1. The maximum absolute atomic E-state index is 12.1. The van der Waals surface area contributed by atoms with Crippen molar-refractivity contribution in [2.24, 2.45) is 5.92 Å². The van der Waals surface area contributed by atoms with Crippen molar-refractivity contribution < 1.29 is 14.3 Å². The number of ether oxygens (including phenoxy) is 2. The Morgan fingerprint density at radius 1 is 1.55 bits per heavy atom. The van der Waals surface area contributed by atoms with Crippen LogP contribution in [0.4, 0.5) is 0 Å². The lowest BCUT2D eigenvalue weighted by atomic mass is 9.97. The van der Waals surface area contributed by atoms with Gasteiger partial charge in [0.15, 0.2) is 0 Å². The fourth-order valence-electron chi connectivity index (χ4n) is 3.22. The van der Waals surface area contributed by atoms with Crippen LogP contribution in [-0.2, 0) is 27.2 Å². The Morgan fingerprint density at radius 3 is 3.27 bits per heavy atom. The Bertz CT molecular complexity index is 497. The summed E-state index contributed by atoms with van der Waals surface area (Å²) in [6.45, 7) is 3.27. The molecular weight excluding hydrogens is 282 g/mol. The molecule has 6 nitrogen and oxygen atoms in total. The normalized spacial score (nSPS) is 24.2.